The average Bonchev–Trinajstić information content (AvgIpc) is 2.99. The molecule has 2 rings (SSSR count). The van der Waals surface area contributed by atoms with Gasteiger partial charge in [-0.2, -0.15) is 0 Å². The van der Waals surface area contributed by atoms with Crippen LogP contribution in [0.1, 0.15) is 38.2 Å². The number of hydrogen-bond acceptors (Lipinski definition) is 2. The zero-order valence-corrected chi connectivity index (χ0v) is 16.4. The van der Waals surface area contributed by atoms with Gasteiger partial charge in [0.25, 0.3) is 5.66 Å². The van der Waals surface area contributed by atoms with Crippen molar-refractivity contribution in [2.75, 3.05) is 6.26 Å². The van der Waals surface area contributed by atoms with Crippen molar-refractivity contribution in [2.24, 2.45) is 0 Å². The van der Waals surface area contributed by atoms with E-state index in [1.54, 1.807) is 27.4 Å². The molecule has 0 aromatic heterocycles. The topological polar surface area (TPSA) is 34.1 Å². The third kappa shape index (κ3) is 5.58. The number of benzene rings is 1. The molecule has 0 spiro atoms. The minimum Gasteiger partial charge on any atom is -0.224 e. The number of sulfone groups is 1. The predicted molar refractivity (Wildman–Crippen MR) is 102 cm³/mol. The first-order valence-electron chi connectivity index (χ1n) is 8.14. The van der Waals surface area contributed by atoms with E-state index in [1.807, 2.05) is 25.1 Å². The molecule has 0 saturated carbocycles. The molecule has 1 aromatic carbocycles. The summed E-state index contributed by atoms with van der Waals surface area (Å²) in [6, 6.07) is 6.89. The van der Waals surface area contributed by atoms with Crippen LogP contribution < -0.4 is 0 Å². The number of hydrogen-bond donors (Lipinski definition) is 0. The van der Waals surface area contributed by atoms with Gasteiger partial charge in [0.1, 0.15) is 0 Å². The third-order valence-electron chi connectivity index (χ3n) is 4.20. The summed E-state index contributed by atoms with van der Waals surface area (Å²) in [4.78, 5) is 0.297. The van der Waals surface area contributed by atoms with Crippen molar-refractivity contribution in [3.8, 4) is 0 Å². The van der Waals surface area contributed by atoms with Crippen molar-refractivity contribution in [2.45, 2.75) is 43.2 Å². The minimum absolute atomic E-state index is 0.297. The molecule has 0 saturated heterocycles. The molecule has 0 aliphatic heterocycles. The molecule has 0 fully saturated rings. The van der Waals surface area contributed by atoms with Crippen LogP contribution in [-0.4, -0.2) is 20.3 Å². The van der Waals surface area contributed by atoms with E-state index < -0.39 is 15.5 Å². The first-order valence-corrected chi connectivity index (χ1v) is 10.6. The molecule has 6 heteroatoms. The number of halogens is 2. The lowest BCUT2D eigenvalue weighted by molar-refractivity contribution is 0.108. The maximum atomic E-state index is 13.0. The van der Waals surface area contributed by atoms with Gasteiger partial charge in [-0.15, -0.1) is 0 Å². The number of alkyl halides is 2. The fraction of sp³-hybridized carbons (Fsp3) is 0.368. The Hall–Kier alpha value is -1.32. The number of allylic oxidation sites excluding steroid dienone is 6. The predicted octanol–water partition coefficient (Wildman–Crippen LogP) is 5.39. The van der Waals surface area contributed by atoms with Crippen molar-refractivity contribution < 1.29 is 17.2 Å². The molecule has 1 unspecified atom stereocenters. The average molecular weight is 384 g/mol. The zero-order valence-electron chi connectivity index (χ0n) is 14.4. The lowest BCUT2D eigenvalue weighted by Gasteiger charge is -2.11. The largest absolute Gasteiger partial charge is 0.262 e. The molecule has 0 amide bonds. The summed E-state index contributed by atoms with van der Waals surface area (Å²) in [5, 5.41) is 0. The standard InChI is InChI=1S/C19H23F2O2PS/c1-3-14(6-5-13-19(20,21)24)17-7-4-8-18(17)15-9-11-16(12-10-15)25(2,22)23/h3,5-6,9-12H,4,7-8,13,24H2,1-2H3/b6-5-,14-3+. The van der Waals surface area contributed by atoms with E-state index in [2.05, 4.69) is 0 Å². The van der Waals surface area contributed by atoms with E-state index in [0.29, 0.717) is 4.90 Å². The fourth-order valence-corrected chi connectivity index (χ4v) is 3.76. The Balaban J connectivity index is 2.32. The highest BCUT2D eigenvalue weighted by molar-refractivity contribution is 7.90. The summed E-state index contributed by atoms with van der Waals surface area (Å²) < 4.78 is 49.1. The summed E-state index contributed by atoms with van der Waals surface area (Å²) >= 11 is 0. The molecule has 1 atom stereocenters. The van der Waals surface area contributed by atoms with Crippen LogP contribution in [0.4, 0.5) is 8.78 Å². The molecular formula is C19H23F2O2PS. The minimum atomic E-state index is -3.22. The van der Waals surface area contributed by atoms with Crippen LogP contribution in [0.3, 0.4) is 0 Å². The van der Waals surface area contributed by atoms with Crippen LogP contribution in [0.2, 0.25) is 0 Å². The lowest BCUT2D eigenvalue weighted by atomic mass is 9.96. The second-order valence-electron chi connectivity index (χ2n) is 6.22. The molecule has 1 aromatic rings. The van der Waals surface area contributed by atoms with Gasteiger partial charge in [0.2, 0.25) is 0 Å². The van der Waals surface area contributed by atoms with Gasteiger partial charge in [0.05, 0.1) is 4.90 Å². The summed E-state index contributed by atoms with van der Waals surface area (Å²) in [6.45, 7) is 1.90. The highest BCUT2D eigenvalue weighted by Gasteiger charge is 2.20. The van der Waals surface area contributed by atoms with Gasteiger partial charge in [-0.1, -0.05) is 39.6 Å². The van der Waals surface area contributed by atoms with Crippen molar-refractivity contribution in [3.63, 3.8) is 0 Å². The quantitative estimate of drug-likeness (QED) is 0.487. The SMILES string of the molecule is C/C=C(\C=C/CC(F)(F)P)C1=C(c2ccc(S(C)(=O)=O)cc2)CCC1. The first kappa shape index (κ1) is 20.0. The first-order chi connectivity index (χ1) is 11.6. The Morgan fingerprint density at radius 1 is 1.24 bits per heavy atom. The van der Waals surface area contributed by atoms with Gasteiger partial charge in [-0.05, 0) is 60.6 Å². The lowest BCUT2D eigenvalue weighted by Crippen LogP contribution is -2.01. The molecule has 0 heterocycles. The van der Waals surface area contributed by atoms with Gasteiger partial charge in [0.15, 0.2) is 9.84 Å². The van der Waals surface area contributed by atoms with Crippen LogP contribution in [0, 0.1) is 0 Å². The molecule has 25 heavy (non-hydrogen) atoms. The molecular weight excluding hydrogens is 361 g/mol. The highest BCUT2D eigenvalue weighted by atomic mass is 32.2. The maximum absolute atomic E-state index is 13.0. The zero-order chi connectivity index (χ0) is 18.7. The molecule has 0 radical (unpaired) electrons. The van der Waals surface area contributed by atoms with E-state index in [0.717, 1.165) is 41.5 Å². The van der Waals surface area contributed by atoms with Crippen molar-refractivity contribution >= 4 is 24.7 Å². The Bertz CT molecular complexity index is 814. The van der Waals surface area contributed by atoms with Crippen molar-refractivity contribution in [3.05, 3.63) is 59.2 Å². The van der Waals surface area contributed by atoms with Gasteiger partial charge in [-0.25, -0.2) is 17.2 Å². The smallest absolute Gasteiger partial charge is 0.224 e. The van der Waals surface area contributed by atoms with Gasteiger partial charge < -0.3 is 0 Å². The normalized spacial score (nSPS) is 16.9. The van der Waals surface area contributed by atoms with Crippen LogP contribution in [0.5, 0.6) is 0 Å². The Kier molecular flexibility index (Phi) is 6.34. The van der Waals surface area contributed by atoms with E-state index in [1.165, 1.54) is 12.3 Å². The van der Waals surface area contributed by atoms with E-state index >= 15 is 0 Å². The summed E-state index contributed by atoms with van der Waals surface area (Å²) in [7, 11) is -1.67. The van der Waals surface area contributed by atoms with Crippen molar-refractivity contribution in [1.82, 2.24) is 0 Å². The van der Waals surface area contributed by atoms with E-state index in [4.69, 9.17) is 0 Å². The van der Waals surface area contributed by atoms with Gasteiger partial charge in [0, 0.05) is 12.7 Å². The van der Waals surface area contributed by atoms with Crippen LogP contribution >= 0.6 is 9.24 Å². The molecule has 1 aliphatic rings. The Labute approximate surface area is 150 Å². The maximum Gasteiger partial charge on any atom is 0.262 e. The van der Waals surface area contributed by atoms with E-state index in [9.17, 15) is 17.2 Å². The summed E-state index contributed by atoms with van der Waals surface area (Å²) in [5.41, 5.74) is 1.47. The monoisotopic (exact) mass is 384 g/mol. The van der Waals surface area contributed by atoms with Gasteiger partial charge >= 0.3 is 0 Å². The van der Waals surface area contributed by atoms with Gasteiger partial charge in [-0.3, -0.25) is 0 Å². The second-order valence-corrected chi connectivity index (χ2v) is 9.08. The molecule has 0 N–H and O–H groups in total. The summed E-state index contributed by atoms with van der Waals surface area (Å²) in [5.74, 6) is 0. The third-order valence-corrected chi connectivity index (χ3v) is 5.56. The molecule has 136 valence electrons. The highest BCUT2D eigenvalue weighted by Crippen LogP contribution is 2.38. The Morgan fingerprint density at radius 3 is 2.40 bits per heavy atom. The number of rotatable bonds is 6. The van der Waals surface area contributed by atoms with Crippen molar-refractivity contribution in [1.29, 1.82) is 0 Å². The van der Waals surface area contributed by atoms with Crippen LogP contribution in [0.15, 0.2) is 58.5 Å². The Morgan fingerprint density at radius 2 is 1.88 bits per heavy atom. The molecule has 2 nitrogen and oxygen atoms in total. The molecule has 1 aliphatic carbocycles. The molecule has 0 bridgehead atoms. The van der Waals surface area contributed by atoms with Crippen LogP contribution in [-0.2, 0) is 9.84 Å². The summed E-state index contributed by atoms with van der Waals surface area (Å²) in [6.07, 6.45) is 8.85. The van der Waals surface area contributed by atoms with E-state index in [-0.39, 0.29) is 6.42 Å². The van der Waals surface area contributed by atoms with Crippen LogP contribution in [0.25, 0.3) is 5.57 Å². The fourth-order valence-electron chi connectivity index (χ4n) is 3.00. The second kappa shape index (κ2) is 7.92.